The lowest BCUT2D eigenvalue weighted by atomic mass is 10.2. The van der Waals surface area contributed by atoms with Crippen molar-refractivity contribution in [2.24, 2.45) is 0 Å². The average molecular weight is 368 g/mol. The minimum absolute atomic E-state index is 0. The molecule has 0 spiro atoms. The number of nitrogens with one attached hydrogen (secondary N) is 1. The van der Waals surface area contributed by atoms with E-state index < -0.39 is 0 Å². The van der Waals surface area contributed by atoms with E-state index in [1.54, 1.807) is 12.4 Å². The molecule has 132 valence electrons. The molecule has 26 heavy (non-hydrogen) atoms. The van der Waals surface area contributed by atoms with Crippen LogP contribution < -0.4 is 11.1 Å². The second kappa shape index (κ2) is 7.07. The third-order valence-corrected chi connectivity index (χ3v) is 4.15. The summed E-state index contributed by atoms with van der Waals surface area (Å²) in [6.07, 6.45) is 3.45. The van der Waals surface area contributed by atoms with Crippen molar-refractivity contribution >= 4 is 28.6 Å². The van der Waals surface area contributed by atoms with Gasteiger partial charge in [0.15, 0.2) is 0 Å². The predicted molar refractivity (Wildman–Crippen MR) is 105 cm³/mol. The van der Waals surface area contributed by atoms with Crippen LogP contribution in [0, 0.1) is 0 Å². The molecule has 8 heteroatoms. The van der Waals surface area contributed by atoms with E-state index in [0.29, 0.717) is 16.8 Å². The number of hydrogen-bond acceptors (Lipinski definition) is 6. The summed E-state index contributed by atoms with van der Waals surface area (Å²) >= 11 is 6.30. The van der Waals surface area contributed by atoms with Gasteiger partial charge in [0.1, 0.15) is 11.5 Å². The van der Waals surface area contributed by atoms with Crippen molar-refractivity contribution in [1.29, 1.82) is 0 Å². The second-order valence-corrected chi connectivity index (χ2v) is 6.16. The van der Waals surface area contributed by atoms with Crippen molar-refractivity contribution in [3.63, 3.8) is 0 Å². The van der Waals surface area contributed by atoms with Crippen LogP contribution in [-0.2, 0) is 0 Å². The Balaban J connectivity index is 0.00000196. The summed E-state index contributed by atoms with van der Waals surface area (Å²) in [6, 6.07) is 11.3. The van der Waals surface area contributed by atoms with Gasteiger partial charge in [0.25, 0.3) is 0 Å². The molecule has 7 nitrogen and oxygen atoms in total. The van der Waals surface area contributed by atoms with Gasteiger partial charge in [0.05, 0.1) is 21.7 Å². The molecule has 0 fully saturated rings. The molecular weight excluding hydrogens is 350 g/mol. The normalized spacial score (nSPS) is 10.6. The maximum Gasteiger partial charge on any atom is 0.225 e. The van der Waals surface area contributed by atoms with Crippen LogP contribution in [-0.4, -0.2) is 39.0 Å². The van der Waals surface area contributed by atoms with Crippen LogP contribution in [0.4, 0.5) is 5.95 Å². The molecule has 0 aliphatic rings. The summed E-state index contributed by atoms with van der Waals surface area (Å²) in [7, 11) is 3.80. The van der Waals surface area contributed by atoms with Gasteiger partial charge < -0.3 is 16.0 Å². The fourth-order valence-corrected chi connectivity index (χ4v) is 2.83. The lowest BCUT2D eigenvalue weighted by molar-refractivity contribution is 0.999. The third kappa shape index (κ3) is 3.10. The third-order valence-electron chi connectivity index (χ3n) is 3.82. The van der Waals surface area contributed by atoms with Crippen molar-refractivity contribution < 1.29 is 0 Å². The number of halogens is 1. The predicted octanol–water partition coefficient (Wildman–Crippen LogP) is 3.96. The molecule has 4 rings (SSSR count). The number of aromatic nitrogens is 5. The molecule has 0 aliphatic carbocycles. The van der Waals surface area contributed by atoms with Crippen molar-refractivity contribution in [1.82, 2.24) is 31.1 Å². The molecule has 0 amide bonds. The molecule has 4 aromatic rings. The molecule has 3 heterocycles. The van der Waals surface area contributed by atoms with Crippen molar-refractivity contribution in [3.8, 4) is 22.8 Å². The molecule has 0 atom stereocenters. The van der Waals surface area contributed by atoms with Crippen LogP contribution in [0.15, 0.2) is 48.8 Å². The van der Waals surface area contributed by atoms with Crippen molar-refractivity contribution in [2.75, 3.05) is 19.0 Å². The highest BCUT2D eigenvalue weighted by atomic mass is 35.5. The van der Waals surface area contributed by atoms with Gasteiger partial charge in [-0.05, 0) is 24.3 Å². The molecule has 3 aromatic heterocycles. The van der Waals surface area contributed by atoms with Crippen LogP contribution in [0.1, 0.15) is 0 Å². The molecule has 0 saturated heterocycles. The summed E-state index contributed by atoms with van der Waals surface area (Å²) in [5.41, 5.74) is 3.95. The highest BCUT2D eigenvalue weighted by molar-refractivity contribution is 6.33. The topological polar surface area (TPSA) is 106 Å². The van der Waals surface area contributed by atoms with E-state index >= 15 is 0 Å². The van der Waals surface area contributed by atoms with Crippen LogP contribution in [0.5, 0.6) is 0 Å². The maximum absolute atomic E-state index is 6.30. The lowest BCUT2D eigenvalue weighted by Crippen LogP contribution is -2.12. The van der Waals surface area contributed by atoms with E-state index in [2.05, 4.69) is 24.9 Å². The first-order valence-electron chi connectivity index (χ1n) is 7.74. The highest BCUT2D eigenvalue weighted by Crippen LogP contribution is 2.30. The Hall–Kier alpha value is -3.03. The zero-order valence-corrected chi connectivity index (χ0v) is 15.2. The van der Waals surface area contributed by atoms with Crippen LogP contribution >= 0.6 is 11.6 Å². The molecule has 0 saturated carbocycles. The van der Waals surface area contributed by atoms with Gasteiger partial charge in [-0.1, -0.05) is 23.7 Å². The Morgan fingerprint density at radius 1 is 0.962 bits per heavy atom. The molecule has 0 radical (unpaired) electrons. The zero-order chi connectivity index (χ0) is 17.4. The highest BCUT2D eigenvalue weighted by Gasteiger charge is 2.14. The Morgan fingerprint density at radius 2 is 1.73 bits per heavy atom. The Morgan fingerprint density at radius 3 is 2.50 bits per heavy atom. The number of pyridine rings is 1. The number of H-pyrrole nitrogens is 1. The fourth-order valence-electron chi connectivity index (χ4n) is 2.61. The van der Waals surface area contributed by atoms with E-state index in [9.17, 15) is 0 Å². The summed E-state index contributed by atoms with van der Waals surface area (Å²) in [5, 5.41) is 0.646. The minimum atomic E-state index is 0. The van der Waals surface area contributed by atoms with Gasteiger partial charge in [-0.2, -0.15) is 0 Å². The van der Waals surface area contributed by atoms with E-state index in [1.165, 1.54) is 0 Å². The summed E-state index contributed by atoms with van der Waals surface area (Å²) in [6.45, 7) is 0. The molecular formula is C18H18ClN7. The fraction of sp³-hybridized carbons (Fsp3) is 0.111. The smallest absolute Gasteiger partial charge is 0.225 e. The standard InChI is InChI=1S/C18H15ClN6.H3N/c1-25(2)18-21-10-8-13(23-18)15-16-14(7-9-20-15)22-17(24-16)11-5-3-4-6-12(11)19;/h3-10H,1-2H3,(H,22,24);1H3. The van der Waals surface area contributed by atoms with Crippen LogP contribution in [0.2, 0.25) is 5.02 Å². The van der Waals surface area contributed by atoms with Crippen LogP contribution in [0.25, 0.3) is 33.8 Å². The number of imidazole rings is 1. The Kier molecular flexibility index (Phi) is 4.83. The van der Waals surface area contributed by atoms with Crippen molar-refractivity contribution in [2.45, 2.75) is 0 Å². The average Bonchev–Trinajstić information content (AvgIpc) is 3.06. The van der Waals surface area contributed by atoms with Gasteiger partial charge in [-0.3, -0.25) is 4.98 Å². The number of benzene rings is 1. The first kappa shape index (κ1) is 17.8. The molecule has 0 unspecified atom stereocenters. The lowest BCUT2D eigenvalue weighted by Gasteiger charge is -2.10. The minimum Gasteiger partial charge on any atom is -0.347 e. The van der Waals surface area contributed by atoms with Crippen molar-refractivity contribution in [3.05, 3.63) is 53.8 Å². The maximum atomic E-state index is 6.30. The van der Waals surface area contributed by atoms with Gasteiger partial charge in [-0.25, -0.2) is 15.0 Å². The number of anilines is 1. The number of aromatic amines is 1. The number of rotatable bonds is 3. The molecule has 0 aliphatic heterocycles. The van der Waals surface area contributed by atoms with Gasteiger partial charge in [-0.15, -0.1) is 0 Å². The SMILES string of the molecule is CN(C)c1nccc(-c2nccc3nc(-c4ccccc4Cl)[nH]c23)n1.N. The second-order valence-electron chi connectivity index (χ2n) is 5.76. The number of nitrogens with zero attached hydrogens (tertiary/aromatic N) is 5. The van der Waals surface area contributed by atoms with Gasteiger partial charge in [0.2, 0.25) is 5.95 Å². The van der Waals surface area contributed by atoms with E-state index in [0.717, 1.165) is 28.0 Å². The Labute approximate surface area is 155 Å². The van der Waals surface area contributed by atoms with Crippen LogP contribution in [0.3, 0.4) is 0 Å². The molecule has 0 bridgehead atoms. The first-order chi connectivity index (χ1) is 12.1. The number of hydrogen-bond donors (Lipinski definition) is 2. The summed E-state index contributed by atoms with van der Waals surface area (Å²) in [5.74, 6) is 1.33. The quantitative estimate of drug-likeness (QED) is 0.567. The summed E-state index contributed by atoms with van der Waals surface area (Å²) < 4.78 is 0. The Bertz CT molecular complexity index is 1060. The summed E-state index contributed by atoms with van der Waals surface area (Å²) in [4.78, 5) is 23.2. The zero-order valence-electron chi connectivity index (χ0n) is 14.4. The van der Waals surface area contributed by atoms with Gasteiger partial charge >= 0.3 is 0 Å². The van der Waals surface area contributed by atoms with E-state index in [4.69, 9.17) is 11.6 Å². The van der Waals surface area contributed by atoms with E-state index in [-0.39, 0.29) is 6.15 Å². The molecule has 1 aromatic carbocycles. The largest absolute Gasteiger partial charge is 0.347 e. The molecule has 4 N–H and O–H groups in total. The van der Waals surface area contributed by atoms with E-state index in [1.807, 2.05) is 55.4 Å². The number of fused-ring (bicyclic) bond motifs is 1. The monoisotopic (exact) mass is 367 g/mol. The first-order valence-corrected chi connectivity index (χ1v) is 8.11. The van der Waals surface area contributed by atoms with Gasteiger partial charge in [0, 0.05) is 32.1 Å².